The Hall–Kier alpha value is -2.06. The standard InChI is InChI=1S/C9H3F5O4/c10-3-4(11)6(13)8(7(14)5(3)12)17-2-1-16-9(15)18-2/h2H,1H2. The largest absolute Gasteiger partial charge is 0.511 e. The van der Waals surface area contributed by atoms with Gasteiger partial charge < -0.3 is 14.2 Å². The first-order valence-electron chi connectivity index (χ1n) is 4.43. The molecule has 0 spiro atoms. The summed E-state index contributed by atoms with van der Waals surface area (Å²) in [5.74, 6) is -12.5. The van der Waals surface area contributed by atoms with Crippen LogP contribution in [0, 0.1) is 29.1 Å². The van der Waals surface area contributed by atoms with E-state index in [4.69, 9.17) is 0 Å². The summed E-state index contributed by atoms with van der Waals surface area (Å²) in [4.78, 5) is 10.5. The molecule has 9 heteroatoms. The number of carbonyl (C=O) groups excluding carboxylic acids is 1. The minimum atomic E-state index is -2.31. The van der Waals surface area contributed by atoms with Gasteiger partial charge in [0.2, 0.25) is 34.8 Å². The Morgan fingerprint density at radius 3 is 1.89 bits per heavy atom. The zero-order chi connectivity index (χ0) is 13.4. The molecule has 0 N–H and O–H groups in total. The second-order valence-electron chi connectivity index (χ2n) is 3.13. The van der Waals surface area contributed by atoms with E-state index in [2.05, 4.69) is 14.2 Å². The fraction of sp³-hybridized carbons (Fsp3) is 0.222. The topological polar surface area (TPSA) is 44.8 Å². The smallest absolute Gasteiger partial charge is 0.445 e. The van der Waals surface area contributed by atoms with Crippen LogP contribution < -0.4 is 4.74 Å². The van der Waals surface area contributed by atoms with Crippen molar-refractivity contribution in [2.24, 2.45) is 0 Å². The number of hydrogen-bond acceptors (Lipinski definition) is 4. The van der Waals surface area contributed by atoms with Gasteiger partial charge in [0.05, 0.1) is 0 Å². The molecule has 18 heavy (non-hydrogen) atoms. The van der Waals surface area contributed by atoms with Crippen LogP contribution in [0.5, 0.6) is 5.75 Å². The summed E-state index contributed by atoms with van der Waals surface area (Å²) in [5, 5.41) is 0. The average molecular weight is 270 g/mol. The van der Waals surface area contributed by atoms with E-state index in [0.29, 0.717) is 0 Å². The molecular formula is C9H3F5O4. The van der Waals surface area contributed by atoms with E-state index in [1.165, 1.54) is 0 Å². The highest BCUT2D eigenvalue weighted by Gasteiger charge is 2.32. The van der Waals surface area contributed by atoms with Gasteiger partial charge in [-0.25, -0.2) is 18.0 Å². The highest BCUT2D eigenvalue weighted by Crippen LogP contribution is 2.30. The number of rotatable bonds is 2. The first kappa shape index (κ1) is 12.4. The second-order valence-corrected chi connectivity index (χ2v) is 3.13. The van der Waals surface area contributed by atoms with Crippen LogP contribution in [0.2, 0.25) is 0 Å². The molecule has 1 saturated heterocycles. The Labute approximate surface area is 95.9 Å². The van der Waals surface area contributed by atoms with Crippen LogP contribution in [0.1, 0.15) is 0 Å². The molecule has 0 bridgehead atoms. The van der Waals surface area contributed by atoms with Gasteiger partial charge in [-0.15, -0.1) is 0 Å². The van der Waals surface area contributed by atoms with Crippen LogP contribution in [-0.2, 0) is 9.47 Å². The summed E-state index contributed by atoms with van der Waals surface area (Å²) in [6.07, 6.45) is -2.75. The van der Waals surface area contributed by atoms with Gasteiger partial charge in [-0.05, 0) is 0 Å². The Bertz CT molecular complexity index is 489. The van der Waals surface area contributed by atoms with E-state index in [1.54, 1.807) is 0 Å². The Morgan fingerprint density at radius 2 is 1.44 bits per heavy atom. The summed E-state index contributed by atoms with van der Waals surface area (Å²) < 4.78 is 77.3. The molecule has 0 saturated carbocycles. The van der Waals surface area contributed by atoms with Gasteiger partial charge in [0.1, 0.15) is 0 Å². The van der Waals surface area contributed by atoms with Crippen molar-refractivity contribution in [2.45, 2.75) is 6.29 Å². The first-order chi connectivity index (χ1) is 8.41. The van der Waals surface area contributed by atoms with Crippen LogP contribution in [0.3, 0.4) is 0 Å². The van der Waals surface area contributed by atoms with E-state index >= 15 is 0 Å². The Balaban J connectivity index is 2.36. The van der Waals surface area contributed by atoms with Crippen molar-refractivity contribution in [2.75, 3.05) is 6.61 Å². The van der Waals surface area contributed by atoms with E-state index in [-0.39, 0.29) is 0 Å². The third-order valence-electron chi connectivity index (χ3n) is 1.98. The molecule has 0 amide bonds. The lowest BCUT2D eigenvalue weighted by atomic mass is 10.2. The lowest BCUT2D eigenvalue weighted by Gasteiger charge is -2.12. The second kappa shape index (κ2) is 4.31. The van der Waals surface area contributed by atoms with Crippen LogP contribution in [-0.4, -0.2) is 19.1 Å². The fourth-order valence-electron chi connectivity index (χ4n) is 1.19. The molecule has 0 aromatic heterocycles. The van der Waals surface area contributed by atoms with Crippen molar-refractivity contribution in [3.63, 3.8) is 0 Å². The van der Waals surface area contributed by atoms with Gasteiger partial charge in [-0.3, -0.25) is 0 Å². The van der Waals surface area contributed by atoms with Gasteiger partial charge in [-0.1, -0.05) is 0 Å². The summed E-state index contributed by atoms with van der Waals surface area (Å²) in [6.45, 7) is -0.529. The third-order valence-corrected chi connectivity index (χ3v) is 1.98. The molecular weight excluding hydrogens is 267 g/mol. The average Bonchev–Trinajstić information content (AvgIpc) is 2.75. The molecule has 1 aliphatic rings. The lowest BCUT2D eigenvalue weighted by molar-refractivity contribution is -0.00168. The quantitative estimate of drug-likeness (QED) is 0.358. The number of hydrogen-bond donors (Lipinski definition) is 0. The highest BCUT2D eigenvalue weighted by atomic mass is 19.2. The molecule has 1 fully saturated rings. The van der Waals surface area contributed by atoms with Crippen molar-refractivity contribution in [3.8, 4) is 5.75 Å². The minimum Gasteiger partial charge on any atom is -0.445 e. The van der Waals surface area contributed by atoms with E-state index in [1.807, 2.05) is 0 Å². The van der Waals surface area contributed by atoms with Crippen LogP contribution >= 0.6 is 0 Å². The molecule has 1 unspecified atom stereocenters. The molecule has 98 valence electrons. The van der Waals surface area contributed by atoms with Gasteiger partial charge >= 0.3 is 6.16 Å². The number of halogens is 5. The number of carbonyl (C=O) groups is 1. The van der Waals surface area contributed by atoms with Crippen molar-refractivity contribution >= 4 is 6.16 Å². The van der Waals surface area contributed by atoms with Crippen molar-refractivity contribution < 1.29 is 41.0 Å². The number of benzene rings is 1. The first-order valence-corrected chi connectivity index (χ1v) is 4.43. The fourth-order valence-corrected chi connectivity index (χ4v) is 1.19. The van der Waals surface area contributed by atoms with Gasteiger partial charge in [0.15, 0.2) is 6.61 Å². The summed E-state index contributed by atoms with van der Waals surface area (Å²) in [6, 6.07) is 0. The summed E-state index contributed by atoms with van der Waals surface area (Å²) >= 11 is 0. The molecule has 0 aliphatic carbocycles. The Kier molecular flexibility index (Phi) is 2.97. The minimum absolute atomic E-state index is 0.529. The third kappa shape index (κ3) is 1.91. The molecule has 2 rings (SSSR count). The Morgan fingerprint density at radius 1 is 0.944 bits per heavy atom. The summed E-state index contributed by atoms with van der Waals surface area (Å²) in [5.41, 5.74) is 0. The predicted octanol–water partition coefficient (Wildman–Crippen LogP) is 2.25. The number of ether oxygens (including phenoxy) is 3. The molecule has 1 aliphatic heterocycles. The highest BCUT2D eigenvalue weighted by molar-refractivity contribution is 5.61. The van der Waals surface area contributed by atoms with Crippen molar-refractivity contribution in [3.05, 3.63) is 29.1 Å². The maximum atomic E-state index is 13.1. The van der Waals surface area contributed by atoms with Gasteiger partial charge in [0.25, 0.3) is 6.29 Å². The monoisotopic (exact) mass is 270 g/mol. The van der Waals surface area contributed by atoms with E-state index in [9.17, 15) is 26.7 Å². The molecule has 1 heterocycles. The van der Waals surface area contributed by atoms with Crippen molar-refractivity contribution in [1.82, 2.24) is 0 Å². The number of cyclic esters (lactones) is 2. The van der Waals surface area contributed by atoms with Crippen molar-refractivity contribution in [1.29, 1.82) is 0 Å². The zero-order valence-corrected chi connectivity index (χ0v) is 8.31. The van der Waals surface area contributed by atoms with Gasteiger partial charge in [0, 0.05) is 0 Å². The molecule has 1 atom stereocenters. The van der Waals surface area contributed by atoms with Crippen LogP contribution in [0.25, 0.3) is 0 Å². The predicted molar refractivity (Wildman–Crippen MR) is 43.1 cm³/mol. The maximum absolute atomic E-state index is 13.1. The normalized spacial score (nSPS) is 18.5. The van der Waals surface area contributed by atoms with Crippen LogP contribution in [0.15, 0.2) is 0 Å². The lowest BCUT2D eigenvalue weighted by Crippen LogP contribution is -2.21. The van der Waals surface area contributed by atoms with Gasteiger partial charge in [-0.2, -0.15) is 8.78 Å². The van der Waals surface area contributed by atoms with E-state index in [0.717, 1.165) is 0 Å². The maximum Gasteiger partial charge on any atom is 0.511 e. The zero-order valence-electron chi connectivity index (χ0n) is 8.31. The van der Waals surface area contributed by atoms with Crippen LogP contribution in [0.4, 0.5) is 26.7 Å². The SMILES string of the molecule is O=C1OCC(Oc2c(F)c(F)c(F)c(F)c2F)O1. The molecule has 1 aromatic rings. The molecule has 1 aromatic carbocycles. The molecule has 0 radical (unpaired) electrons. The van der Waals surface area contributed by atoms with E-state index < -0.39 is 53.9 Å². The molecule has 4 nitrogen and oxygen atoms in total. The summed E-state index contributed by atoms with van der Waals surface area (Å²) in [7, 11) is 0.